The minimum Gasteiger partial charge on any atom is -0.452 e. The van der Waals surface area contributed by atoms with Crippen molar-refractivity contribution in [2.45, 2.75) is 76.7 Å². The van der Waals surface area contributed by atoms with Gasteiger partial charge in [-0.3, -0.25) is 9.80 Å². The fourth-order valence-corrected chi connectivity index (χ4v) is 12.7. The van der Waals surface area contributed by atoms with Crippen molar-refractivity contribution >= 4 is 51.1 Å². The summed E-state index contributed by atoms with van der Waals surface area (Å²) in [5.41, 5.74) is 11.7. The van der Waals surface area contributed by atoms with Gasteiger partial charge in [-0.2, -0.15) is 0 Å². The number of anilines is 1. The van der Waals surface area contributed by atoms with Crippen LogP contribution in [0.4, 0.5) is 5.69 Å². The summed E-state index contributed by atoms with van der Waals surface area (Å²) < 4.78 is 6.41. The van der Waals surface area contributed by atoms with Gasteiger partial charge in [0.05, 0.1) is 6.20 Å². The third-order valence-corrected chi connectivity index (χ3v) is 16.9. The molecule has 3 atom stereocenters. The maximum absolute atomic E-state index is 9.97. The number of allylic oxidation sites excluding steroid dienone is 2. The van der Waals surface area contributed by atoms with Crippen LogP contribution in [0.5, 0.6) is 17.2 Å². The minimum absolute atomic E-state index is 0.233. The molecule has 3 aromatic carbocycles. The summed E-state index contributed by atoms with van der Waals surface area (Å²) in [5.74, 6) is 1.87. The van der Waals surface area contributed by atoms with Crippen molar-refractivity contribution in [3.8, 4) is 17.2 Å². The van der Waals surface area contributed by atoms with E-state index in [-0.39, 0.29) is 11.2 Å². The predicted octanol–water partition coefficient (Wildman–Crippen LogP) is 11.8. The third-order valence-electron chi connectivity index (χ3n) is 16.4. The van der Waals surface area contributed by atoms with E-state index in [4.69, 9.17) is 32.8 Å². The van der Waals surface area contributed by atoms with Gasteiger partial charge in [0.25, 0.3) is 0 Å². The Morgan fingerprint density at radius 1 is 0.750 bits per heavy atom. The lowest BCUT2D eigenvalue weighted by molar-refractivity contribution is -0.138. The lowest BCUT2D eigenvalue weighted by Crippen LogP contribution is -2.62. The van der Waals surface area contributed by atoms with Gasteiger partial charge in [0.1, 0.15) is 11.4 Å². The zero-order valence-electron chi connectivity index (χ0n) is 36.8. The molecule has 0 radical (unpaired) electrons. The fraction of sp³-hybridized carbons (Fsp3) is 0.453. The average molecular weight is 900 g/mol. The zero-order valence-corrected chi connectivity index (χ0v) is 38.3. The summed E-state index contributed by atoms with van der Waals surface area (Å²) in [6.45, 7) is 9.17. The molecular formula is C53H60Cl2N6O3. The average Bonchev–Trinajstić information content (AvgIpc) is 3.78. The van der Waals surface area contributed by atoms with Crippen LogP contribution < -0.4 is 19.8 Å². The highest BCUT2D eigenvalue weighted by Crippen LogP contribution is 2.61. The number of hydrogen-bond donors (Lipinski definition) is 3. The molecule has 4 aliphatic carbocycles. The van der Waals surface area contributed by atoms with E-state index < -0.39 is 0 Å². The standard InChI is InChI=1S/C53H60Cl2N6O3/c54-41-6-2-36(3-7-41)45-30-52(16-1-17-52)18-12-40(45)34-61-27-26-60(43-10-11-49(64-62)50(29-43)63-44-28-38-15-21-57-51(38)58-32-44)35-48(61)47-14-20-53(47)19-13-39(33-59-24-22-56-23-25-59)46(31-53)37-4-8-42(55)9-5-37/h2-11,15,21,28-29,32,47-48,56,62H,1,12-14,16-20,22-27,30-31,33-35H2,(H,57,58). The first kappa shape index (κ1) is 42.3. The van der Waals surface area contributed by atoms with Crippen LogP contribution in [0, 0.1) is 16.7 Å². The van der Waals surface area contributed by atoms with Crippen LogP contribution in [0.2, 0.25) is 10.0 Å². The Balaban J connectivity index is 0.932. The predicted molar refractivity (Wildman–Crippen MR) is 259 cm³/mol. The first-order valence-corrected chi connectivity index (χ1v) is 24.5. The normalized spacial score (nSPS) is 25.2. The zero-order chi connectivity index (χ0) is 43.3. The van der Waals surface area contributed by atoms with Gasteiger partial charge < -0.3 is 24.8 Å². The number of aromatic nitrogens is 2. The van der Waals surface area contributed by atoms with E-state index in [0.29, 0.717) is 28.9 Å². The second-order valence-electron chi connectivity index (χ2n) is 19.8. The van der Waals surface area contributed by atoms with Crippen molar-refractivity contribution in [1.29, 1.82) is 0 Å². The third kappa shape index (κ3) is 8.37. The van der Waals surface area contributed by atoms with E-state index in [1.54, 1.807) is 28.5 Å². The summed E-state index contributed by atoms with van der Waals surface area (Å²) in [4.78, 5) is 20.7. The van der Waals surface area contributed by atoms with Crippen LogP contribution in [0.1, 0.15) is 81.8 Å². The Morgan fingerprint density at radius 2 is 1.48 bits per heavy atom. The largest absolute Gasteiger partial charge is 0.452 e. The van der Waals surface area contributed by atoms with Crippen LogP contribution in [0.25, 0.3) is 22.2 Å². The van der Waals surface area contributed by atoms with Crippen LogP contribution in [0.3, 0.4) is 0 Å². The van der Waals surface area contributed by atoms with Crippen molar-refractivity contribution in [3.05, 3.63) is 124 Å². The summed E-state index contributed by atoms with van der Waals surface area (Å²) in [5, 5.41) is 16.1. The Kier molecular flexibility index (Phi) is 11.8. The summed E-state index contributed by atoms with van der Waals surface area (Å²) in [6, 6.07) is 27.6. The Hall–Kier alpha value is -4.35. The molecule has 2 spiro atoms. The second kappa shape index (κ2) is 17.8. The smallest absolute Gasteiger partial charge is 0.207 e. The van der Waals surface area contributed by atoms with Gasteiger partial charge in [0.2, 0.25) is 5.75 Å². The fourth-order valence-electron chi connectivity index (χ4n) is 12.5. The Morgan fingerprint density at radius 3 is 2.19 bits per heavy atom. The number of benzene rings is 3. The van der Waals surface area contributed by atoms with Crippen LogP contribution in [0.15, 0.2) is 102 Å². The summed E-state index contributed by atoms with van der Waals surface area (Å²) in [6.07, 6.45) is 17.3. The topological polar surface area (TPSA) is 89.1 Å². The van der Waals surface area contributed by atoms with Crippen LogP contribution in [-0.4, -0.2) is 90.0 Å². The highest BCUT2D eigenvalue weighted by molar-refractivity contribution is 6.30. The van der Waals surface area contributed by atoms with E-state index >= 15 is 0 Å². The van der Waals surface area contributed by atoms with E-state index in [1.165, 1.54) is 68.9 Å². The quantitative estimate of drug-likeness (QED) is 0.0892. The Labute approximate surface area is 387 Å². The Bertz CT molecular complexity index is 2550. The first-order chi connectivity index (χ1) is 31.3. The number of H-pyrrole nitrogens is 1. The van der Waals surface area contributed by atoms with E-state index in [1.807, 2.05) is 30.5 Å². The first-order valence-electron chi connectivity index (χ1n) is 23.7. The van der Waals surface area contributed by atoms with Gasteiger partial charge in [-0.05, 0) is 152 Å². The molecule has 2 aromatic heterocycles. The summed E-state index contributed by atoms with van der Waals surface area (Å²) in [7, 11) is 0. The molecule has 5 aromatic rings. The molecule has 4 heterocycles. The monoisotopic (exact) mass is 898 g/mol. The number of hydrogen-bond acceptors (Lipinski definition) is 8. The lowest BCUT2D eigenvalue weighted by Gasteiger charge is -2.60. The lowest BCUT2D eigenvalue weighted by atomic mass is 9.50. The SMILES string of the molecule is OOc1ccc(N2CCN(CC3=C(c4ccc(Cl)cc4)CC4(CCC4)CC3)C(C3CCC34CCC(CN3CCNCC3)=C(c3ccc(Cl)cc3)C4)C2)cc1Oc1cnc2[nH]ccc2c1. The highest BCUT2D eigenvalue weighted by atomic mass is 35.5. The van der Waals surface area contributed by atoms with Crippen molar-refractivity contribution in [1.82, 2.24) is 25.1 Å². The molecule has 4 fully saturated rings. The molecule has 64 heavy (non-hydrogen) atoms. The molecule has 9 nitrogen and oxygen atoms in total. The van der Waals surface area contributed by atoms with Gasteiger partial charge in [0.15, 0.2) is 5.75 Å². The molecule has 2 aliphatic heterocycles. The number of pyridine rings is 1. The second-order valence-corrected chi connectivity index (χ2v) is 20.7. The van der Waals surface area contributed by atoms with Crippen molar-refractivity contribution in [3.63, 3.8) is 0 Å². The van der Waals surface area contributed by atoms with Crippen LogP contribution >= 0.6 is 23.2 Å². The van der Waals surface area contributed by atoms with Crippen molar-refractivity contribution < 1.29 is 14.9 Å². The van der Waals surface area contributed by atoms with Crippen molar-refractivity contribution in [2.75, 3.05) is 63.8 Å². The number of halogens is 2. The molecule has 0 bridgehead atoms. The maximum Gasteiger partial charge on any atom is 0.207 e. The number of rotatable bonds is 11. The molecule has 3 N–H and O–H groups in total. The number of piperazine rings is 2. The van der Waals surface area contributed by atoms with Crippen molar-refractivity contribution in [2.24, 2.45) is 16.7 Å². The molecule has 0 amide bonds. The number of nitrogens with zero attached hydrogens (tertiary/aromatic N) is 4. The molecular weight excluding hydrogens is 840 g/mol. The molecule has 2 saturated carbocycles. The van der Waals surface area contributed by atoms with Gasteiger partial charge >= 0.3 is 0 Å². The number of ether oxygens (including phenoxy) is 1. The van der Waals surface area contributed by atoms with Crippen LogP contribution in [-0.2, 0) is 0 Å². The molecule has 6 aliphatic rings. The molecule has 3 unspecified atom stereocenters. The number of fused-ring (bicyclic) bond motifs is 1. The van der Waals surface area contributed by atoms with Gasteiger partial charge in [0, 0.05) is 98.3 Å². The van der Waals surface area contributed by atoms with E-state index in [2.05, 4.69) is 84.6 Å². The molecule has 334 valence electrons. The molecule has 11 heteroatoms. The van der Waals surface area contributed by atoms with Gasteiger partial charge in [-0.15, -0.1) is 0 Å². The van der Waals surface area contributed by atoms with E-state index in [0.717, 1.165) is 98.5 Å². The minimum atomic E-state index is 0.233. The maximum atomic E-state index is 9.97. The molecule has 11 rings (SSSR count). The summed E-state index contributed by atoms with van der Waals surface area (Å²) >= 11 is 13.0. The highest BCUT2D eigenvalue weighted by Gasteiger charge is 2.54. The van der Waals surface area contributed by atoms with Gasteiger partial charge in [-0.25, -0.2) is 10.2 Å². The number of aromatic amines is 1. The number of nitrogens with one attached hydrogen (secondary N) is 2. The van der Waals surface area contributed by atoms with E-state index in [9.17, 15) is 5.26 Å². The molecule has 2 saturated heterocycles. The van der Waals surface area contributed by atoms with Gasteiger partial charge in [-0.1, -0.05) is 65.0 Å².